The van der Waals surface area contributed by atoms with Crippen LogP contribution < -0.4 is 11.1 Å². The molecular weight excluding hydrogens is 381 g/mol. The number of hydrogen-bond donors (Lipinski definition) is 2. The summed E-state index contributed by atoms with van der Waals surface area (Å²) in [6.07, 6.45) is 4.67. The van der Waals surface area contributed by atoms with Gasteiger partial charge >= 0.3 is 0 Å². The summed E-state index contributed by atoms with van der Waals surface area (Å²) in [5.41, 5.74) is 8.77. The van der Waals surface area contributed by atoms with Crippen LogP contribution in [0.4, 0.5) is 0 Å². The van der Waals surface area contributed by atoms with E-state index in [0.717, 1.165) is 38.2 Å². The number of halogens is 2. The Balaban J connectivity index is 1.52. The summed E-state index contributed by atoms with van der Waals surface area (Å²) in [6, 6.07) is 10.2. The summed E-state index contributed by atoms with van der Waals surface area (Å²) in [5.74, 6) is 0. The van der Waals surface area contributed by atoms with Crippen LogP contribution in [0.1, 0.15) is 24.5 Å². The van der Waals surface area contributed by atoms with Gasteiger partial charge in [-0.25, -0.2) is 0 Å². The van der Waals surface area contributed by atoms with E-state index in [9.17, 15) is 0 Å². The standard InChI is InChI=1S/C20H27Cl2N5/c1-2-27(20(23)25-12-15-5-6-18(21)19(22)10-15)17-7-9-26(14-17)13-16-4-3-8-24-11-16/h3-6,8,10-11,17,20,25H,2,7,9,12-14,23H2,1H3. The van der Waals surface area contributed by atoms with Crippen molar-refractivity contribution in [2.45, 2.75) is 38.8 Å². The highest BCUT2D eigenvalue weighted by Crippen LogP contribution is 2.23. The zero-order chi connectivity index (χ0) is 19.2. The van der Waals surface area contributed by atoms with E-state index in [1.165, 1.54) is 5.56 Å². The molecule has 0 amide bonds. The molecule has 146 valence electrons. The van der Waals surface area contributed by atoms with Gasteiger partial charge in [-0.15, -0.1) is 0 Å². The summed E-state index contributed by atoms with van der Waals surface area (Å²) in [7, 11) is 0. The van der Waals surface area contributed by atoms with Crippen LogP contribution in [-0.4, -0.2) is 46.7 Å². The highest BCUT2D eigenvalue weighted by molar-refractivity contribution is 6.42. The summed E-state index contributed by atoms with van der Waals surface area (Å²) >= 11 is 12.1. The molecule has 1 aromatic carbocycles. The molecule has 2 unspecified atom stereocenters. The molecule has 3 rings (SSSR count). The van der Waals surface area contributed by atoms with Crippen molar-refractivity contribution in [1.29, 1.82) is 0 Å². The van der Waals surface area contributed by atoms with Crippen molar-refractivity contribution >= 4 is 23.2 Å². The maximum Gasteiger partial charge on any atom is 0.112 e. The minimum atomic E-state index is -0.201. The van der Waals surface area contributed by atoms with E-state index in [1.54, 1.807) is 0 Å². The van der Waals surface area contributed by atoms with Gasteiger partial charge in [-0.1, -0.05) is 42.3 Å². The van der Waals surface area contributed by atoms with Crippen molar-refractivity contribution < 1.29 is 0 Å². The van der Waals surface area contributed by atoms with Gasteiger partial charge in [-0.05, 0) is 42.3 Å². The number of hydrogen-bond acceptors (Lipinski definition) is 5. The van der Waals surface area contributed by atoms with Gasteiger partial charge in [0.05, 0.1) is 10.0 Å². The average molecular weight is 408 g/mol. The fourth-order valence-electron chi connectivity index (χ4n) is 3.65. The van der Waals surface area contributed by atoms with Crippen molar-refractivity contribution in [3.8, 4) is 0 Å². The number of likely N-dealkylation sites (tertiary alicyclic amines) is 1. The molecule has 5 nitrogen and oxygen atoms in total. The van der Waals surface area contributed by atoms with Crippen LogP contribution in [0.15, 0.2) is 42.7 Å². The molecule has 27 heavy (non-hydrogen) atoms. The zero-order valence-electron chi connectivity index (χ0n) is 15.6. The van der Waals surface area contributed by atoms with E-state index < -0.39 is 0 Å². The predicted octanol–water partition coefficient (Wildman–Crippen LogP) is 3.32. The molecule has 0 bridgehead atoms. The molecule has 3 N–H and O–H groups in total. The SMILES string of the molecule is CCN(C1CCN(Cc2cccnc2)C1)C(N)NCc1ccc(Cl)c(Cl)c1. The quantitative estimate of drug-likeness (QED) is 0.657. The minimum absolute atomic E-state index is 0.201. The highest BCUT2D eigenvalue weighted by atomic mass is 35.5. The van der Waals surface area contributed by atoms with Crippen molar-refractivity contribution in [2.75, 3.05) is 19.6 Å². The lowest BCUT2D eigenvalue weighted by molar-refractivity contribution is 0.118. The second-order valence-electron chi connectivity index (χ2n) is 6.94. The Morgan fingerprint density at radius 1 is 1.30 bits per heavy atom. The van der Waals surface area contributed by atoms with Gasteiger partial charge in [0.25, 0.3) is 0 Å². The largest absolute Gasteiger partial charge is 0.303 e. The van der Waals surface area contributed by atoms with Gasteiger partial charge in [0, 0.05) is 44.6 Å². The van der Waals surface area contributed by atoms with Crippen molar-refractivity contribution in [3.63, 3.8) is 0 Å². The van der Waals surface area contributed by atoms with Crippen LogP contribution >= 0.6 is 23.2 Å². The zero-order valence-corrected chi connectivity index (χ0v) is 17.1. The lowest BCUT2D eigenvalue weighted by Crippen LogP contribution is -2.56. The molecule has 2 heterocycles. The number of likely N-dealkylation sites (N-methyl/N-ethyl adjacent to an activating group) is 1. The number of aromatic nitrogens is 1. The van der Waals surface area contributed by atoms with Gasteiger partial charge in [0.2, 0.25) is 0 Å². The van der Waals surface area contributed by atoms with Gasteiger partial charge in [0.15, 0.2) is 0 Å². The summed E-state index contributed by atoms with van der Waals surface area (Å²) < 4.78 is 0. The second-order valence-corrected chi connectivity index (χ2v) is 7.76. The molecule has 1 aliphatic rings. The van der Waals surface area contributed by atoms with Crippen LogP contribution in [0.5, 0.6) is 0 Å². The fourth-order valence-corrected chi connectivity index (χ4v) is 3.97. The Morgan fingerprint density at radius 2 is 2.15 bits per heavy atom. The Hall–Kier alpha value is -1.21. The highest BCUT2D eigenvalue weighted by Gasteiger charge is 2.29. The van der Waals surface area contributed by atoms with Crippen molar-refractivity contribution in [3.05, 3.63) is 63.9 Å². The third-order valence-electron chi connectivity index (χ3n) is 5.07. The Labute approximate surface area is 171 Å². The number of nitrogens with two attached hydrogens (primary N) is 1. The minimum Gasteiger partial charge on any atom is -0.303 e. The van der Waals surface area contributed by atoms with E-state index >= 15 is 0 Å². The molecule has 1 aliphatic heterocycles. The van der Waals surface area contributed by atoms with E-state index in [4.69, 9.17) is 28.9 Å². The first-order valence-corrected chi connectivity index (χ1v) is 10.1. The van der Waals surface area contributed by atoms with Gasteiger partial charge in [-0.2, -0.15) is 0 Å². The average Bonchev–Trinajstić information content (AvgIpc) is 3.12. The monoisotopic (exact) mass is 407 g/mol. The third-order valence-corrected chi connectivity index (χ3v) is 5.81. The molecule has 0 saturated carbocycles. The Morgan fingerprint density at radius 3 is 2.85 bits per heavy atom. The molecular formula is C20H27Cl2N5. The summed E-state index contributed by atoms with van der Waals surface area (Å²) in [5, 5.41) is 4.55. The van der Waals surface area contributed by atoms with Crippen LogP contribution in [0.25, 0.3) is 0 Å². The summed E-state index contributed by atoms with van der Waals surface area (Å²) in [4.78, 5) is 9.01. The molecule has 1 aromatic heterocycles. The number of pyridine rings is 1. The van der Waals surface area contributed by atoms with Gasteiger partial charge in [0.1, 0.15) is 6.29 Å². The third kappa shape index (κ3) is 5.64. The van der Waals surface area contributed by atoms with E-state index in [-0.39, 0.29) is 6.29 Å². The van der Waals surface area contributed by atoms with Gasteiger partial charge < -0.3 is 5.73 Å². The molecule has 1 fully saturated rings. The molecule has 0 aliphatic carbocycles. The van der Waals surface area contributed by atoms with Crippen molar-refractivity contribution in [2.24, 2.45) is 5.73 Å². The molecule has 2 aromatic rings. The van der Waals surface area contributed by atoms with Gasteiger partial charge in [-0.3, -0.25) is 20.1 Å². The topological polar surface area (TPSA) is 57.4 Å². The Kier molecular flexibility index (Phi) is 7.47. The molecule has 0 spiro atoms. The lowest BCUT2D eigenvalue weighted by atomic mass is 10.2. The van der Waals surface area contributed by atoms with E-state index in [2.05, 4.69) is 33.1 Å². The fraction of sp³-hybridized carbons (Fsp3) is 0.450. The van der Waals surface area contributed by atoms with Crippen LogP contribution in [0.3, 0.4) is 0 Å². The molecule has 7 heteroatoms. The smallest absolute Gasteiger partial charge is 0.112 e. The first-order chi connectivity index (χ1) is 13.1. The normalized spacial score (nSPS) is 18.9. The number of nitrogens with zero attached hydrogens (tertiary/aromatic N) is 3. The summed E-state index contributed by atoms with van der Waals surface area (Å²) in [6.45, 7) is 6.75. The predicted molar refractivity (Wildman–Crippen MR) is 112 cm³/mol. The van der Waals surface area contributed by atoms with Crippen molar-refractivity contribution in [1.82, 2.24) is 20.1 Å². The number of benzene rings is 1. The number of nitrogens with one attached hydrogen (secondary N) is 1. The van der Waals surface area contributed by atoms with E-state index in [0.29, 0.717) is 22.6 Å². The number of rotatable bonds is 8. The first kappa shape index (κ1) is 20.5. The van der Waals surface area contributed by atoms with E-state index in [1.807, 2.05) is 36.7 Å². The van der Waals surface area contributed by atoms with Crippen LogP contribution in [0.2, 0.25) is 10.0 Å². The van der Waals surface area contributed by atoms with Crippen LogP contribution in [0, 0.1) is 0 Å². The second kappa shape index (κ2) is 9.82. The molecule has 1 saturated heterocycles. The lowest BCUT2D eigenvalue weighted by Gasteiger charge is -2.33. The molecule has 0 radical (unpaired) electrons. The van der Waals surface area contributed by atoms with Crippen LogP contribution in [-0.2, 0) is 13.1 Å². The first-order valence-electron chi connectivity index (χ1n) is 9.36. The Bertz CT molecular complexity index is 728. The maximum atomic E-state index is 6.45. The molecule has 2 atom stereocenters. The maximum absolute atomic E-state index is 6.45.